The zero-order valence-corrected chi connectivity index (χ0v) is 18.8. The molecule has 0 aliphatic heterocycles. The van der Waals surface area contributed by atoms with Crippen LogP contribution in [0.25, 0.3) is 10.8 Å². The number of aromatic nitrogens is 5. The van der Waals surface area contributed by atoms with Crippen molar-refractivity contribution in [1.82, 2.24) is 29.5 Å². The highest BCUT2D eigenvalue weighted by Crippen LogP contribution is 2.23. The summed E-state index contributed by atoms with van der Waals surface area (Å²) in [4.78, 5) is 35.6. The first-order chi connectivity index (χ1) is 15.9. The van der Waals surface area contributed by atoms with Crippen LogP contribution in [-0.4, -0.2) is 54.4 Å². The zero-order chi connectivity index (χ0) is 23.1. The molecule has 4 heterocycles. The van der Waals surface area contributed by atoms with E-state index in [9.17, 15) is 14.7 Å². The number of hydrogen-bond acceptors (Lipinski definition) is 9. The van der Waals surface area contributed by atoms with Gasteiger partial charge in [0.2, 0.25) is 0 Å². The van der Waals surface area contributed by atoms with Crippen molar-refractivity contribution in [3.8, 4) is 5.13 Å². The van der Waals surface area contributed by atoms with Gasteiger partial charge in [-0.15, -0.1) is 11.3 Å². The molecule has 4 N–H and O–H groups in total. The van der Waals surface area contributed by atoms with Gasteiger partial charge in [-0.05, 0) is 31.9 Å². The van der Waals surface area contributed by atoms with Gasteiger partial charge in [-0.25, -0.2) is 9.97 Å². The molecule has 170 valence electrons. The van der Waals surface area contributed by atoms with Crippen molar-refractivity contribution in [1.29, 1.82) is 0 Å². The minimum atomic E-state index is -0.532. The number of aliphatic hydroxyl groups excluding tert-OH is 1. The number of carbonyl (C=O) groups excluding carboxylic acids is 1. The van der Waals surface area contributed by atoms with Crippen LogP contribution in [-0.2, 0) is 0 Å². The number of aryl methyl sites for hydroxylation is 1. The molecule has 11 nitrogen and oxygen atoms in total. The van der Waals surface area contributed by atoms with Crippen molar-refractivity contribution < 1.29 is 9.90 Å². The molecule has 0 saturated heterocycles. The van der Waals surface area contributed by atoms with E-state index < -0.39 is 6.10 Å². The summed E-state index contributed by atoms with van der Waals surface area (Å²) in [6.07, 6.45) is 5.69. The number of hydrogen-bond donors (Lipinski definition) is 4. The minimum Gasteiger partial charge on any atom is -0.391 e. The maximum Gasteiger partial charge on any atom is 0.280 e. The number of pyridine rings is 1. The number of amides is 1. The summed E-state index contributed by atoms with van der Waals surface area (Å²) < 4.78 is 2.98. The van der Waals surface area contributed by atoms with E-state index in [1.807, 2.05) is 6.92 Å². The fourth-order valence-electron chi connectivity index (χ4n) is 3.59. The first-order valence-electron chi connectivity index (χ1n) is 10.4. The highest BCUT2D eigenvalue weighted by Gasteiger charge is 2.31. The number of anilines is 3. The Hall–Kier alpha value is -3.77. The molecule has 0 bridgehead atoms. The highest BCUT2D eigenvalue weighted by atomic mass is 32.1. The molecule has 0 radical (unpaired) electrons. The molecule has 1 aliphatic rings. The topological polar surface area (TPSA) is 138 Å². The van der Waals surface area contributed by atoms with Crippen LogP contribution >= 0.6 is 11.3 Å². The van der Waals surface area contributed by atoms with Crippen molar-refractivity contribution in [3.63, 3.8) is 0 Å². The number of fused-ring (bicyclic) bond motifs is 1. The maximum absolute atomic E-state index is 13.0. The van der Waals surface area contributed by atoms with Gasteiger partial charge >= 0.3 is 0 Å². The fourth-order valence-corrected chi connectivity index (χ4v) is 4.33. The summed E-state index contributed by atoms with van der Waals surface area (Å²) in [7, 11) is 1.73. The number of carbonyl (C=O) groups is 1. The predicted octanol–water partition coefficient (Wildman–Crippen LogP) is 1.68. The largest absolute Gasteiger partial charge is 0.391 e. The van der Waals surface area contributed by atoms with E-state index in [1.165, 1.54) is 26.6 Å². The highest BCUT2D eigenvalue weighted by molar-refractivity contribution is 7.13. The van der Waals surface area contributed by atoms with Crippen molar-refractivity contribution in [2.75, 3.05) is 17.7 Å². The Bertz CT molecular complexity index is 1410. The van der Waals surface area contributed by atoms with Gasteiger partial charge in [-0.2, -0.15) is 9.61 Å². The lowest BCUT2D eigenvalue weighted by atomic mass is 9.89. The summed E-state index contributed by atoms with van der Waals surface area (Å²) in [5, 5.41) is 23.5. The van der Waals surface area contributed by atoms with Gasteiger partial charge in [0.25, 0.3) is 11.5 Å². The van der Waals surface area contributed by atoms with Crippen LogP contribution in [0.15, 0.2) is 41.6 Å². The predicted molar refractivity (Wildman–Crippen MR) is 125 cm³/mol. The van der Waals surface area contributed by atoms with Crippen LogP contribution in [0, 0.1) is 6.92 Å². The SMILES string of the molecule is CNc1cc(Nc2cccn(-c3ncc(C)s3)c2=O)nc2c(C(=O)NC3CC[C@@H]3O)cnn12. The van der Waals surface area contributed by atoms with Gasteiger partial charge in [-0.3, -0.25) is 14.2 Å². The molecular formula is C21H22N8O3S. The van der Waals surface area contributed by atoms with Gasteiger partial charge in [0.15, 0.2) is 10.8 Å². The van der Waals surface area contributed by atoms with E-state index in [2.05, 4.69) is 31.0 Å². The second kappa shape index (κ2) is 8.30. The summed E-state index contributed by atoms with van der Waals surface area (Å²) in [5.74, 6) is 0.592. The zero-order valence-electron chi connectivity index (χ0n) is 17.9. The average Bonchev–Trinajstić information content (AvgIpc) is 3.43. The maximum atomic E-state index is 13.0. The summed E-state index contributed by atoms with van der Waals surface area (Å²) in [5.41, 5.74) is 0.637. The first-order valence-corrected chi connectivity index (χ1v) is 11.2. The van der Waals surface area contributed by atoms with Crippen LogP contribution < -0.4 is 21.5 Å². The number of nitrogens with zero attached hydrogens (tertiary/aromatic N) is 5. The second-order valence-electron chi connectivity index (χ2n) is 7.77. The number of thiazole rings is 1. The molecule has 1 saturated carbocycles. The number of nitrogens with one attached hydrogen (secondary N) is 3. The second-order valence-corrected chi connectivity index (χ2v) is 8.98. The third kappa shape index (κ3) is 3.83. The number of rotatable bonds is 6. The molecule has 2 atom stereocenters. The molecule has 0 spiro atoms. The normalized spacial score (nSPS) is 17.5. The third-order valence-electron chi connectivity index (χ3n) is 5.55. The van der Waals surface area contributed by atoms with Crippen molar-refractivity contribution in [3.05, 3.63) is 57.6 Å². The Morgan fingerprint density at radius 2 is 2.15 bits per heavy atom. The molecule has 1 unspecified atom stereocenters. The molecule has 1 fully saturated rings. The lowest BCUT2D eigenvalue weighted by Crippen LogP contribution is -2.50. The quantitative estimate of drug-likeness (QED) is 0.337. The van der Waals surface area contributed by atoms with E-state index in [-0.39, 0.29) is 23.1 Å². The molecule has 1 aliphatic carbocycles. The summed E-state index contributed by atoms with van der Waals surface area (Å²) >= 11 is 1.42. The van der Waals surface area contributed by atoms with E-state index in [1.54, 1.807) is 37.6 Å². The minimum absolute atomic E-state index is 0.269. The van der Waals surface area contributed by atoms with E-state index in [0.717, 1.165) is 11.3 Å². The molecule has 33 heavy (non-hydrogen) atoms. The standard InChI is InChI=1S/C21H22N8O3S/c1-11-9-23-21(33-11)28-7-3-4-14(20(28)32)25-16-8-17(22-2)29-18(27-16)12(10-24-29)19(31)26-13-5-6-15(13)30/h3-4,7-10,13,15,22,30H,5-6H2,1-2H3,(H,25,27)(H,26,31)/t13?,15-/m0/s1. The lowest BCUT2D eigenvalue weighted by Gasteiger charge is -2.32. The molecule has 0 aromatic carbocycles. The summed E-state index contributed by atoms with van der Waals surface area (Å²) in [6, 6.07) is 4.84. The van der Waals surface area contributed by atoms with E-state index in [0.29, 0.717) is 34.5 Å². The Morgan fingerprint density at radius 3 is 2.82 bits per heavy atom. The monoisotopic (exact) mass is 466 g/mol. The number of aliphatic hydroxyl groups is 1. The third-order valence-corrected chi connectivity index (χ3v) is 6.46. The molecule has 1 amide bonds. The summed E-state index contributed by atoms with van der Waals surface area (Å²) in [6.45, 7) is 1.93. The van der Waals surface area contributed by atoms with Crippen LogP contribution in [0.5, 0.6) is 0 Å². The Kier molecular flexibility index (Phi) is 5.30. The van der Waals surface area contributed by atoms with Gasteiger partial charge in [0.05, 0.1) is 18.3 Å². The van der Waals surface area contributed by atoms with Gasteiger partial charge in [0.1, 0.15) is 22.9 Å². The Labute approximate surface area is 192 Å². The van der Waals surface area contributed by atoms with Gasteiger partial charge in [-0.1, -0.05) is 0 Å². The van der Waals surface area contributed by atoms with Crippen LogP contribution in [0.3, 0.4) is 0 Å². The van der Waals surface area contributed by atoms with Crippen molar-refractivity contribution >= 4 is 40.2 Å². The van der Waals surface area contributed by atoms with E-state index >= 15 is 0 Å². The fraction of sp³-hybridized carbons (Fsp3) is 0.286. The smallest absolute Gasteiger partial charge is 0.280 e. The van der Waals surface area contributed by atoms with Crippen molar-refractivity contribution in [2.45, 2.75) is 31.9 Å². The molecule has 4 aromatic heterocycles. The van der Waals surface area contributed by atoms with Crippen molar-refractivity contribution in [2.24, 2.45) is 0 Å². The van der Waals surface area contributed by atoms with Crippen LogP contribution in [0.1, 0.15) is 28.1 Å². The first kappa shape index (κ1) is 21.1. The van der Waals surface area contributed by atoms with Crippen LogP contribution in [0.2, 0.25) is 0 Å². The average molecular weight is 467 g/mol. The van der Waals surface area contributed by atoms with Gasteiger partial charge < -0.3 is 21.1 Å². The molecular weight excluding hydrogens is 444 g/mol. The van der Waals surface area contributed by atoms with Crippen LogP contribution in [0.4, 0.5) is 17.3 Å². The molecule has 12 heteroatoms. The molecule has 4 aromatic rings. The molecule has 5 rings (SSSR count). The van der Waals surface area contributed by atoms with Gasteiger partial charge in [0, 0.05) is 30.4 Å². The Morgan fingerprint density at radius 1 is 1.30 bits per heavy atom. The van der Waals surface area contributed by atoms with E-state index in [4.69, 9.17) is 0 Å². The Balaban J connectivity index is 1.50. The lowest BCUT2D eigenvalue weighted by molar-refractivity contribution is 0.0448.